The molecule has 0 bridgehead atoms. The standard InChI is InChI=1S/C13H8BrF3N2O/c14-9-3-1-2-4-10(9)19-12(20)8-5-6-11(18-7-8)13(15,16)17/h1-7H,(H,19,20). The Morgan fingerprint density at radius 2 is 1.85 bits per heavy atom. The number of para-hydroxylation sites is 1. The molecule has 0 aliphatic rings. The van der Waals surface area contributed by atoms with Crippen LogP contribution in [0.3, 0.4) is 0 Å². The summed E-state index contributed by atoms with van der Waals surface area (Å²) in [6.07, 6.45) is -3.62. The van der Waals surface area contributed by atoms with E-state index in [9.17, 15) is 18.0 Å². The Morgan fingerprint density at radius 3 is 2.40 bits per heavy atom. The summed E-state index contributed by atoms with van der Waals surface area (Å²) in [5.74, 6) is -0.530. The van der Waals surface area contributed by atoms with Crippen LogP contribution in [0.2, 0.25) is 0 Å². The monoisotopic (exact) mass is 344 g/mol. The molecule has 0 aliphatic heterocycles. The summed E-state index contributed by atoms with van der Waals surface area (Å²) in [7, 11) is 0. The van der Waals surface area contributed by atoms with Gasteiger partial charge in [-0.2, -0.15) is 13.2 Å². The molecule has 1 aromatic carbocycles. The summed E-state index contributed by atoms with van der Waals surface area (Å²) < 4.78 is 37.7. The number of pyridine rings is 1. The third-order valence-corrected chi connectivity index (χ3v) is 3.13. The highest BCUT2D eigenvalue weighted by atomic mass is 79.9. The van der Waals surface area contributed by atoms with E-state index in [0.717, 1.165) is 18.3 Å². The molecule has 2 rings (SSSR count). The number of rotatable bonds is 2. The van der Waals surface area contributed by atoms with E-state index in [4.69, 9.17) is 0 Å². The van der Waals surface area contributed by atoms with Crippen molar-refractivity contribution in [3.63, 3.8) is 0 Å². The number of nitrogens with one attached hydrogen (secondary N) is 1. The number of benzene rings is 1. The van der Waals surface area contributed by atoms with Gasteiger partial charge in [-0.05, 0) is 40.2 Å². The lowest BCUT2D eigenvalue weighted by Gasteiger charge is -2.08. The van der Waals surface area contributed by atoms with Gasteiger partial charge in [0.1, 0.15) is 5.69 Å². The lowest BCUT2D eigenvalue weighted by molar-refractivity contribution is -0.141. The molecule has 1 aromatic heterocycles. The maximum absolute atomic E-state index is 12.4. The molecule has 7 heteroatoms. The van der Waals surface area contributed by atoms with Crippen molar-refractivity contribution in [2.24, 2.45) is 0 Å². The third kappa shape index (κ3) is 3.36. The van der Waals surface area contributed by atoms with Gasteiger partial charge in [-0.15, -0.1) is 0 Å². The molecule has 1 amide bonds. The van der Waals surface area contributed by atoms with Crippen LogP contribution in [-0.2, 0) is 6.18 Å². The van der Waals surface area contributed by atoms with E-state index in [1.165, 1.54) is 0 Å². The van der Waals surface area contributed by atoms with Crippen LogP contribution in [0.5, 0.6) is 0 Å². The summed E-state index contributed by atoms with van der Waals surface area (Å²) in [4.78, 5) is 15.1. The smallest absolute Gasteiger partial charge is 0.321 e. The van der Waals surface area contributed by atoms with E-state index < -0.39 is 17.8 Å². The van der Waals surface area contributed by atoms with Crippen molar-refractivity contribution in [3.05, 3.63) is 58.3 Å². The van der Waals surface area contributed by atoms with Gasteiger partial charge in [0.25, 0.3) is 5.91 Å². The van der Waals surface area contributed by atoms with Gasteiger partial charge in [0, 0.05) is 10.7 Å². The number of halogens is 4. The zero-order chi connectivity index (χ0) is 14.8. The van der Waals surface area contributed by atoms with Crippen LogP contribution < -0.4 is 5.32 Å². The number of anilines is 1. The Kier molecular flexibility index (Phi) is 4.08. The van der Waals surface area contributed by atoms with E-state index in [1.54, 1.807) is 24.3 Å². The molecule has 20 heavy (non-hydrogen) atoms. The molecule has 0 aliphatic carbocycles. The van der Waals surface area contributed by atoms with E-state index in [2.05, 4.69) is 26.2 Å². The van der Waals surface area contributed by atoms with Gasteiger partial charge in [0.15, 0.2) is 0 Å². The molecular weight excluding hydrogens is 337 g/mol. The van der Waals surface area contributed by atoms with E-state index in [-0.39, 0.29) is 5.56 Å². The van der Waals surface area contributed by atoms with Crippen LogP contribution in [0.25, 0.3) is 0 Å². The Balaban J connectivity index is 2.16. The average molecular weight is 345 g/mol. The van der Waals surface area contributed by atoms with Gasteiger partial charge >= 0.3 is 6.18 Å². The Morgan fingerprint density at radius 1 is 1.15 bits per heavy atom. The topological polar surface area (TPSA) is 42.0 Å². The maximum Gasteiger partial charge on any atom is 0.433 e. The minimum absolute atomic E-state index is 0.0498. The number of carbonyl (C=O) groups is 1. The molecular formula is C13H8BrF3N2O. The Hall–Kier alpha value is -1.89. The van der Waals surface area contributed by atoms with Crippen LogP contribution in [0.15, 0.2) is 47.1 Å². The van der Waals surface area contributed by atoms with Crippen LogP contribution in [0.1, 0.15) is 16.1 Å². The van der Waals surface area contributed by atoms with Crippen molar-refractivity contribution in [2.45, 2.75) is 6.18 Å². The molecule has 2 aromatic rings. The molecule has 1 heterocycles. The van der Waals surface area contributed by atoms with Crippen molar-refractivity contribution < 1.29 is 18.0 Å². The molecule has 3 nitrogen and oxygen atoms in total. The predicted molar refractivity (Wildman–Crippen MR) is 71.3 cm³/mol. The molecule has 1 N–H and O–H groups in total. The van der Waals surface area contributed by atoms with Crippen LogP contribution in [-0.4, -0.2) is 10.9 Å². The van der Waals surface area contributed by atoms with Gasteiger partial charge in [-0.25, -0.2) is 0 Å². The highest BCUT2D eigenvalue weighted by Crippen LogP contribution is 2.27. The van der Waals surface area contributed by atoms with E-state index in [0.29, 0.717) is 10.2 Å². The van der Waals surface area contributed by atoms with Gasteiger partial charge in [-0.3, -0.25) is 9.78 Å². The first-order valence-corrected chi connectivity index (χ1v) is 6.26. The van der Waals surface area contributed by atoms with E-state index in [1.807, 2.05) is 0 Å². The minimum atomic E-state index is -4.52. The number of aromatic nitrogens is 1. The molecule has 0 radical (unpaired) electrons. The predicted octanol–water partition coefficient (Wildman–Crippen LogP) is 4.12. The Bertz CT molecular complexity index is 626. The first-order valence-electron chi connectivity index (χ1n) is 5.47. The maximum atomic E-state index is 12.4. The number of nitrogens with zero attached hydrogens (tertiary/aromatic N) is 1. The van der Waals surface area contributed by atoms with Gasteiger partial charge in [0.2, 0.25) is 0 Å². The molecule has 104 valence electrons. The van der Waals surface area contributed by atoms with Crippen molar-refractivity contribution in [1.29, 1.82) is 0 Å². The zero-order valence-corrected chi connectivity index (χ0v) is 11.5. The second-order valence-corrected chi connectivity index (χ2v) is 4.72. The number of hydrogen-bond donors (Lipinski definition) is 1. The van der Waals surface area contributed by atoms with Gasteiger partial charge in [-0.1, -0.05) is 12.1 Å². The lowest BCUT2D eigenvalue weighted by atomic mass is 10.2. The molecule has 0 spiro atoms. The van der Waals surface area contributed by atoms with Crippen LogP contribution in [0, 0.1) is 0 Å². The molecule has 0 fully saturated rings. The molecule has 0 saturated heterocycles. The highest BCUT2D eigenvalue weighted by Gasteiger charge is 2.32. The quantitative estimate of drug-likeness (QED) is 0.890. The van der Waals surface area contributed by atoms with Gasteiger partial charge < -0.3 is 5.32 Å². The second kappa shape index (κ2) is 5.62. The van der Waals surface area contributed by atoms with Crippen molar-refractivity contribution in [1.82, 2.24) is 4.98 Å². The first kappa shape index (κ1) is 14.5. The summed E-state index contributed by atoms with van der Waals surface area (Å²) in [5, 5.41) is 2.58. The highest BCUT2D eigenvalue weighted by molar-refractivity contribution is 9.10. The molecule has 0 unspecified atom stereocenters. The fourth-order valence-electron chi connectivity index (χ4n) is 1.45. The fraction of sp³-hybridized carbons (Fsp3) is 0.0769. The molecule has 0 saturated carbocycles. The average Bonchev–Trinajstić information content (AvgIpc) is 2.40. The largest absolute Gasteiger partial charge is 0.433 e. The summed E-state index contributed by atoms with van der Waals surface area (Å²) in [6.45, 7) is 0. The van der Waals surface area contributed by atoms with Crippen molar-refractivity contribution >= 4 is 27.5 Å². The fourth-order valence-corrected chi connectivity index (χ4v) is 1.84. The van der Waals surface area contributed by atoms with Crippen LogP contribution in [0.4, 0.5) is 18.9 Å². The summed E-state index contributed by atoms with van der Waals surface area (Å²) in [5.41, 5.74) is -0.457. The lowest BCUT2D eigenvalue weighted by Crippen LogP contribution is -2.14. The number of hydrogen-bond acceptors (Lipinski definition) is 2. The number of carbonyl (C=O) groups excluding carboxylic acids is 1. The van der Waals surface area contributed by atoms with Crippen molar-refractivity contribution in [3.8, 4) is 0 Å². The SMILES string of the molecule is O=C(Nc1ccccc1Br)c1ccc(C(F)(F)F)nc1. The molecule has 0 atom stereocenters. The first-order chi connectivity index (χ1) is 9.38. The van der Waals surface area contributed by atoms with Crippen molar-refractivity contribution in [2.75, 3.05) is 5.32 Å². The van der Waals surface area contributed by atoms with Gasteiger partial charge in [0.05, 0.1) is 11.3 Å². The minimum Gasteiger partial charge on any atom is -0.321 e. The summed E-state index contributed by atoms with van der Waals surface area (Å²) in [6, 6.07) is 8.77. The number of amides is 1. The Labute approximate surface area is 121 Å². The normalized spacial score (nSPS) is 11.2. The number of alkyl halides is 3. The van der Waals surface area contributed by atoms with E-state index >= 15 is 0 Å². The zero-order valence-electron chi connectivity index (χ0n) is 9.91. The van der Waals surface area contributed by atoms with Crippen LogP contribution >= 0.6 is 15.9 Å². The third-order valence-electron chi connectivity index (χ3n) is 2.44. The summed E-state index contributed by atoms with van der Waals surface area (Å²) >= 11 is 3.26. The second-order valence-electron chi connectivity index (χ2n) is 3.86.